The molecule has 0 radical (unpaired) electrons. The van der Waals surface area contributed by atoms with Crippen LogP contribution in [0.4, 0.5) is 0 Å². The number of aromatic nitrogens is 1. The lowest BCUT2D eigenvalue weighted by atomic mass is 9.90. The van der Waals surface area contributed by atoms with Gasteiger partial charge in [-0.25, -0.2) is 0 Å². The number of aliphatic hydroxyl groups is 1. The minimum atomic E-state index is -0.920. The number of fused-ring (bicyclic) bond motifs is 1. The van der Waals surface area contributed by atoms with Gasteiger partial charge in [-0.05, 0) is 102 Å². The molecule has 1 aliphatic heterocycles. The Kier molecular flexibility index (Phi) is 14.3. The van der Waals surface area contributed by atoms with E-state index in [-0.39, 0.29) is 35.2 Å². The number of amides is 1. The largest absolute Gasteiger partial charge is 0.506 e. The van der Waals surface area contributed by atoms with Gasteiger partial charge >= 0.3 is 5.97 Å². The van der Waals surface area contributed by atoms with Crippen LogP contribution in [0, 0.1) is 5.92 Å². The summed E-state index contributed by atoms with van der Waals surface area (Å²) in [5.74, 6) is -0.273. The lowest BCUT2D eigenvalue weighted by Crippen LogP contribution is -2.35. The minimum Gasteiger partial charge on any atom is -0.506 e. The second kappa shape index (κ2) is 20.7. The van der Waals surface area contributed by atoms with Crippen LogP contribution in [0.2, 0.25) is 0 Å². The van der Waals surface area contributed by atoms with Crippen LogP contribution < -0.4 is 20.9 Å². The Labute approximate surface area is 376 Å². The SMILES string of the molecule is COc1cc(C(=O)NCc2ccc(-c3cccc(C(C(=O)OCC4CCN(Cc5ccccc5)CC4)c4ccccc4)c3)s2)ccc1CNC[C@H](O)c1ccc(O)c2[nH]c(=O)ccc12. The third-order valence-electron chi connectivity index (χ3n) is 11.8. The van der Waals surface area contributed by atoms with Crippen molar-refractivity contribution in [2.45, 2.75) is 44.5 Å². The van der Waals surface area contributed by atoms with Gasteiger partial charge in [-0.3, -0.25) is 19.3 Å². The molecule has 2 atom stereocenters. The van der Waals surface area contributed by atoms with Crippen molar-refractivity contribution < 1.29 is 29.3 Å². The fourth-order valence-electron chi connectivity index (χ4n) is 8.35. The molecule has 1 aliphatic rings. The van der Waals surface area contributed by atoms with E-state index in [2.05, 4.69) is 50.8 Å². The lowest BCUT2D eigenvalue weighted by molar-refractivity contribution is -0.146. The predicted molar refractivity (Wildman–Crippen MR) is 251 cm³/mol. The Balaban J connectivity index is 0.856. The van der Waals surface area contributed by atoms with Crippen molar-refractivity contribution in [1.82, 2.24) is 20.5 Å². The first-order valence-electron chi connectivity index (χ1n) is 21.6. The van der Waals surface area contributed by atoms with Crippen molar-refractivity contribution in [3.05, 3.63) is 188 Å². The fraction of sp³-hybridized carbons (Fsp3) is 0.250. The number of methoxy groups -OCH3 is 1. The number of aromatic amines is 1. The van der Waals surface area contributed by atoms with Crippen LogP contribution in [0.15, 0.2) is 144 Å². The highest BCUT2D eigenvalue weighted by molar-refractivity contribution is 7.15. The molecule has 0 saturated carbocycles. The standard InChI is InChI=1S/C52H52N4O7S/c1-62-46-28-39(15-16-40(46)29-53-31-45(58)42-18-20-44(57)50-43(42)19-22-48(59)55-50)51(60)54-30-41-17-21-47(64-41)37-13-8-14-38(27-37)49(36-11-6-3-7-12-36)52(61)63-33-35-23-25-56(26-24-35)32-34-9-4-2-5-10-34/h2-22,27-28,35,45,49,53,57-58H,23-26,29-33H2,1H3,(H,54,60)(H,55,59)/t45-,49?/m0/s1. The first-order valence-corrected chi connectivity index (χ1v) is 22.4. The molecule has 8 rings (SSSR count). The van der Waals surface area contributed by atoms with Crippen LogP contribution in [0.5, 0.6) is 11.5 Å². The van der Waals surface area contributed by atoms with Gasteiger partial charge < -0.3 is 35.3 Å². The number of hydrogen-bond acceptors (Lipinski definition) is 10. The zero-order valence-electron chi connectivity index (χ0n) is 35.7. The number of piperidine rings is 1. The molecule has 64 heavy (non-hydrogen) atoms. The highest BCUT2D eigenvalue weighted by Gasteiger charge is 2.27. The van der Waals surface area contributed by atoms with Crippen molar-refractivity contribution in [3.8, 4) is 21.9 Å². The first kappa shape index (κ1) is 44.1. The summed E-state index contributed by atoms with van der Waals surface area (Å²) in [5.41, 5.74) is 5.78. The highest BCUT2D eigenvalue weighted by Crippen LogP contribution is 2.34. The number of nitrogens with one attached hydrogen (secondary N) is 3. The van der Waals surface area contributed by atoms with Gasteiger partial charge in [0.25, 0.3) is 5.91 Å². The zero-order valence-corrected chi connectivity index (χ0v) is 36.5. The number of carbonyl (C=O) groups is 2. The molecule has 5 N–H and O–H groups in total. The van der Waals surface area contributed by atoms with E-state index >= 15 is 0 Å². The van der Waals surface area contributed by atoms with E-state index in [9.17, 15) is 24.6 Å². The van der Waals surface area contributed by atoms with Crippen molar-refractivity contribution >= 4 is 34.1 Å². The number of phenolic OH excluding ortho intramolecular Hbond substituents is 1. The first-order chi connectivity index (χ1) is 31.2. The number of aliphatic hydroxyl groups excluding tert-OH is 1. The molecule has 1 amide bonds. The second-order valence-corrected chi connectivity index (χ2v) is 17.4. The molecular weight excluding hydrogens is 825 g/mol. The number of ether oxygens (including phenoxy) is 2. The van der Waals surface area contributed by atoms with Crippen molar-refractivity contribution in [2.75, 3.05) is 33.4 Å². The number of carbonyl (C=O) groups excluding carboxylic acids is 2. The Hall–Kier alpha value is -6.57. The molecule has 1 saturated heterocycles. The normalized spacial score (nSPS) is 14.2. The van der Waals surface area contributed by atoms with Gasteiger partial charge in [0.2, 0.25) is 5.56 Å². The van der Waals surface area contributed by atoms with Crippen molar-refractivity contribution in [2.24, 2.45) is 5.92 Å². The van der Waals surface area contributed by atoms with E-state index in [1.165, 1.54) is 17.7 Å². The Bertz CT molecular complexity index is 2750. The molecule has 1 unspecified atom stereocenters. The molecule has 11 nitrogen and oxygen atoms in total. The number of rotatable bonds is 17. The van der Waals surface area contributed by atoms with Crippen LogP contribution in [0.3, 0.4) is 0 Å². The van der Waals surface area contributed by atoms with E-state index in [1.54, 1.807) is 42.7 Å². The van der Waals surface area contributed by atoms with Crippen molar-refractivity contribution in [3.63, 3.8) is 0 Å². The van der Waals surface area contributed by atoms with Gasteiger partial charge in [0.1, 0.15) is 17.4 Å². The van der Waals surface area contributed by atoms with Crippen LogP contribution in [0.1, 0.15) is 67.9 Å². The van der Waals surface area contributed by atoms with E-state index in [1.807, 2.05) is 72.8 Å². The number of benzene rings is 5. The van der Waals surface area contributed by atoms with E-state index < -0.39 is 12.0 Å². The fourth-order valence-corrected chi connectivity index (χ4v) is 9.29. The summed E-state index contributed by atoms with van der Waals surface area (Å²) in [6, 6.07) is 43.7. The molecular formula is C52H52N4O7S. The van der Waals surface area contributed by atoms with Crippen molar-refractivity contribution in [1.29, 1.82) is 0 Å². The monoisotopic (exact) mass is 876 g/mol. The third-order valence-corrected chi connectivity index (χ3v) is 13.0. The molecule has 2 aromatic heterocycles. The van der Waals surface area contributed by atoms with E-state index in [4.69, 9.17) is 9.47 Å². The molecule has 0 aliphatic carbocycles. The predicted octanol–water partition coefficient (Wildman–Crippen LogP) is 8.31. The van der Waals surface area contributed by atoms with Gasteiger partial charge in [0.15, 0.2) is 0 Å². The van der Waals surface area contributed by atoms with Gasteiger partial charge in [-0.2, -0.15) is 0 Å². The lowest BCUT2D eigenvalue weighted by Gasteiger charge is -2.32. The molecule has 3 heterocycles. The third kappa shape index (κ3) is 10.8. The number of aromatic hydroxyl groups is 1. The molecule has 328 valence electrons. The zero-order chi connectivity index (χ0) is 44.4. The van der Waals surface area contributed by atoms with Gasteiger partial charge in [0.05, 0.1) is 31.9 Å². The molecule has 7 aromatic rings. The maximum Gasteiger partial charge on any atom is 0.317 e. The maximum atomic E-state index is 13.9. The summed E-state index contributed by atoms with van der Waals surface area (Å²) in [6.07, 6.45) is 1.07. The van der Waals surface area contributed by atoms with Crippen LogP contribution in [-0.4, -0.2) is 65.3 Å². The van der Waals surface area contributed by atoms with E-state index in [0.29, 0.717) is 47.9 Å². The number of likely N-dealkylation sites (tertiary alicyclic amines) is 1. The number of hydrogen-bond donors (Lipinski definition) is 5. The summed E-state index contributed by atoms with van der Waals surface area (Å²) in [4.78, 5) is 46.2. The number of thiophene rings is 1. The number of esters is 1. The number of phenols is 1. The molecule has 12 heteroatoms. The van der Waals surface area contributed by atoms with Crippen LogP contribution in [0.25, 0.3) is 21.3 Å². The van der Waals surface area contributed by atoms with Gasteiger partial charge in [0, 0.05) is 52.0 Å². The average molecular weight is 877 g/mol. The Morgan fingerprint density at radius 1 is 0.844 bits per heavy atom. The summed E-state index contributed by atoms with van der Waals surface area (Å²) >= 11 is 1.58. The number of nitrogens with zero attached hydrogens (tertiary/aromatic N) is 1. The molecule has 1 fully saturated rings. The van der Waals surface area contributed by atoms with E-state index in [0.717, 1.165) is 64.5 Å². The highest BCUT2D eigenvalue weighted by atomic mass is 32.1. The maximum absolute atomic E-state index is 13.9. The Morgan fingerprint density at radius 2 is 1.61 bits per heavy atom. The average Bonchev–Trinajstić information content (AvgIpc) is 3.81. The summed E-state index contributed by atoms with van der Waals surface area (Å²) < 4.78 is 11.7. The molecule has 0 spiro atoms. The molecule has 0 bridgehead atoms. The topological polar surface area (TPSA) is 153 Å². The van der Waals surface area contributed by atoms with Crippen LogP contribution in [-0.2, 0) is 29.2 Å². The van der Waals surface area contributed by atoms with Gasteiger partial charge in [-0.1, -0.05) is 91.0 Å². The van der Waals surface area contributed by atoms with Gasteiger partial charge in [-0.15, -0.1) is 11.3 Å². The quantitative estimate of drug-likeness (QED) is 0.0569. The summed E-state index contributed by atoms with van der Waals surface area (Å²) in [7, 11) is 1.55. The summed E-state index contributed by atoms with van der Waals surface area (Å²) in [6.45, 7) is 4.19. The number of H-pyrrole nitrogens is 1. The minimum absolute atomic E-state index is 0.0714. The summed E-state index contributed by atoms with van der Waals surface area (Å²) in [5, 5.41) is 28.0. The smallest absolute Gasteiger partial charge is 0.317 e. The second-order valence-electron chi connectivity index (χ2n) is 16.2. The molecule has 5 aromatic carbocycles. The van der Waals surface area contributed by atoms with Crippen LogP contribution >= 0.6 is 11.3 Å². The Morgan fingerprint density at radius 3 is 2.39 bits per heavy atom. The number of pyridine rings is 1.